The molecular weight excluding hydrogens is 429 g/mol. The lowest BCUT2D eigenvalue weighted by Gasteiger charge is -2.12. The van der Waals surface area contributed by atoms with Gasteiger partial charge in [-0.05, 0) is 34.5 Å². The van der Waals surface area contributed by atoms with Crippen molar-refractivity contribution >= 4 is 47.6 Å². The van der Waals surface area contributed by atoms with Crippen LogP contribution in [0.2, 0.25) is 0 Å². The van der Waals surface area contributed by atoms with Crippen LogP contribution in [0.3, 0.4) is 0 Å². The van der Waals surface area contributed by atoms with Gasteiger partial charge in [-0.3, -0.25) is 0 Å². The molecule has 0 aliphatic rings. The van der Waals surface area contributed by atoms with Crippen molar-refractivity contribution in [2.24, 2.45) is 0 Å². The van der Waals surface area contributed by atoms with E-state index in [0.29, 0.717) is 4.47 Å². The van der Waals surface area contributed by atoms with E-state index in [9.17, 15) is 21.6 Å². The fraction of sp³-hybridized carbons (Fsp3) is 0.400. The predicted octanol–water partition coefficient (Wildman–Crippen LogP) is 3.41. The average molecular weight is 440 g/mol. The summed E-state index contributed by atoms with van der Waals surface area (Å²) in [7, 11) is -3.97. The Morgan fingerprint density at radius 2 is 1.85 bits per heavy atom. The van der Waals surface area contributed by atoms with E-state index in [1.807, 2.05) is 0 Å². The van der Waals surface area contributed by atoms with Gasteiger partial charge in [0.25, 0.3) is 0 Å². The monoisotopic (exact) mass is 438 g/mol. The fourth-order valence-corrected chi connectivity index (χ4v) is 4.57. The van der Waals surface area contributed by atoms with Gasteiger partial charge < -0.3 is 5.73 Å². The molecule has 0 fully saturated rings. The van der Waals surface area contributed by atoms with Crippen molar-refractivity contribution in [2.75, 3.05) is 12.3 Å². The number of sulfonamides is 1. The molecule has 0 bridgehead atoms. The van der Waals surface area contributed by atoms with Crippen LogP contribution in [0.15, 0.2) is 26.0 Å². The number of halogens is 5. The van der Waals surface area contributed by atoms with Crippen LogP contribution in [0, 0.1) is 0 Å². The molecule has 4 nitrogen and oxygen atoms in total. The zero-order valence-electron chi connectivity index (χ0n) is 9.97. The summed E-state index contributed by atoms with van der Waals surface area (Å²) in [6, 6.07) is 2.88. The second kappa shape index (κ2) is 6.63. The Bertz CT molecular complexity index is 568. The lowest BCUT2D eigenvalue weighted by atomic mass is 10.3. The van der Waals surface area contributed by atoms with Crippen molar-refractivity contribution < 1.29 is 21.6 Å². The molecule has 20 heavy (non-hydrogen) atoms. The molecule has 1 aromatic carbocycles. The zero-order valence-corrected chi connectivity index (χ0v) is 14.0. The van der Waals surface area contributed by atoms with Gasteiger partial charge in [0.1, 0.15) is 4.90 Å². The van der Waals surface area contributed by atoms with Gasteiger partial charge in [0.15, 0.2) is 0 Å². The van der Waals surface area contributed by atoms with Crippen LogP contribution in [0.25, 0.3) is 0 Å². The first-order valence-corrected chi connectivity index (χ1v) is 8.41. The van der Waals surface area contributed by atoms with E-state index in [-0.39, 0.29) is 28.0 Å². The number of hydrogen-bond donors (Lipinski definition) is 2. The number of hydrogen-bond acceptors (Lipinski definition) is 3. The SMILES string of the molecule is Nc1cc(Br)cc(Br)c1S(=O)(=O)NCCCC(F)(F)F. The number of anilines is 1. The highest BCUT2D eigenvalue weighted by molar-refractivity contribution is 9.11. The van der Waals surface area contributed by atoms with Gasteiger partial charge in [-0.1, -0.05) is 15.9 Å². The first-order chi connectivity index (χ1) is 9.03. The summed E-state index contributed by atoms with van der Waals surface area (Å²) in [6.45, 7) is -0.316. The predicted molar refractivity (Wildman–Crippen MR) is 76.7 cm³/mol. The zero-order chi connectivity index (χ0) is 15.6. The minimum atomic E-state index is -4.30. The Morgan fingerprint density at radius 3 is 2.35 bits per heavy atom. The smallest absolute Gasteiger partial charge is 0.389 e. The van der Waals surface area contributed by atoms with E-state index in [1.54, 1.807) is 0 Å². The molecule has 0 atom stereocenters. The molecule has 3 N–H and O–H groups in total. The fourth-order valence-electron chi connectivity index (χ4n) is 1.43. The lowest BCUT2D eigenvalue weighted by Crippen LogP contribution is -2.27. The Kier molecular flexibility index (Phi) is 5.88. The number of nitrogens with two attached hydrogens (primary N) is 1. The molecule has 10 heteroatoms. The van der Waals surface area contributed by atoms with Gasteiger partial charge in [0, 0.05) is 21.9 Å². The molecule has 114 valence electrons. The van der Waals surface area contributed by atoms with Crippen LogP contribution < -0.4 is 10.5 Å². The number of nitrogen functional groups attached to an aromatic ring is 1. The maximum absolute atomic E-state index is 12.0. The minimum absolute atomic E-state index is 0.00503. The number of rotatable bonds is 5. The van der Waals surface area contributed by atoms with Crippen molar-refractivity contribution in [1.29, 1.82) is 0 Å². The largest absolute Gasteiger partial charge is 0.398 e. The van der Waals surface area contributed by atoms with E-state index in [0.717, 1.165) is 0 Å². The van der Waals surface area contributed by atoms with Crippen LogP contribution in [0.5, 0.6) is 0 Å². The number of benzene rings is 1. The molecule has 0 aromatic heterocycles. The quantitative estimate of drug-likeness (QED) is 0.545. The normalized spacial score (nSPS) is 12.7. The first kappa shape index (κ1) is 17.7. The summed E-state index contributed by atoms with van der Waals surface area (Å²) >= 11 is 6.21. The Labute approximate surface area is 131 Å². The topological polar surface area (TPSA) is 72.2 Å². The van der Waals surface area contributed by atoms with Gasteiger partial charge in [-0.2, -0.15) is 13.2 Å². The highest BCUT2D eigenvalue weighted by atomic mass is 79.9. The van der Waals surface area contributed by atoms with Gasteiger partial charge in [0.05, 0.1) is 5.69 Å². The summed E-state index contributed by atoms with van der Waals surface area (Å²) in [5, 5.41) is 0. The summed E-state index contributed by atoms with van der Waals surface area (Å²) < 4.78 is 62.8. The Hall–Kier alpha value is -0.320. The van der Waals surface area contributed by atoms with Gasteiger partial charge in [0.2, 0.25) is 10.0 Å². The van der Waals surface area contributed by atoms with E-state index in [2.05, 4.69) is 36.6 Å². The molecule has 0 aliphatic carbocycles. The van der Waals surface area contributed by atoms with Crippen LogP contribution in [0.4, 0.5) is 18.9 Å². The second-order valence-corrected chi connectivity index (χ2v) is 7.40. The summed E-state index contributed by atoms with van der Waals surface area (Å²) in [4.78, 5) is -0.187. The molecule has 0 radical (unpaired) electrons. The maximum atomic E-state index is 12.0. The summed E-state index contributed by atoms with van der Waals surface area (Å²) in [6.07, 6.45) is -5.69. The van der Waals surface area contributed by atoms with Crippen LogP contribution in [0.1, 0.15) is 12.8 Å². The third-order valence-corrected chi connectivity index (χ3v) is 5.16. The third-order valence-electron chi connectivity index (χ3n) is 2.23. The molecule has 0 unspecified atom stereocenters. The van der Waals surface area contributed by atoms with Crippen molar-refractivity contribution in [3.8, 4) is 0 Å². The lowest BCUT2D eigenvalue weighted by molar-refractivity contribution is -0.135. The van der Waals surface area contributed by atoms with E-state index in [1.165, 1.54) is 12.1 Å². The van der Waals surface area contributed by atoms with Crippen LogP contribution in [-0.4, -0.2) is 21.1 Å². The molecular formula is C10H11Br2F3N2O2S. The van der Waals surface area contributed by atoms with Gasteiger partial charge in [-0.15, -0.1) is 0 Å². The Balaban J connectivity index is 2.80. The highest BCUT2D eigenvalue weighted by Crippen LogP contribution is 2.31. The van der Waals surface area contributed by atoms with Crippen LogP contribution in [-0.2, 0) is 10.0 Å². The molecule has 1 aromatic rings. The van der Waals surface area contributed by atoms with E-state index < -0.39 is 22.6 Å². The molecule has 0 aliphatic heterocycles. The van der Waals surface area contributed by atoms with Crippen LogP contribution >= 0.6 is 31.9 Å². The van der Waals surface area contributed by atoms with Gasteiger partial charge >= 0.3 is 6.18 Å². The average Bonchev–Trinajstić information content (AvgIpc) is 2.21. The highest BCUT2D eigenvalue weighted by Gasteiger charge is 2.27. The third kappa shape index (κ3) is 5.23. The van der Waals surface area contributed by atoms with E-state index >= 15 is 0 Å². The number of alkyl halides is 3. The molecule has 0 spiro atoms. The molecule has 0 saturated carbocycles. The molecule has 0 saturated heterocycles. The van der Waals surface area contributed by atoms with Gasteiger partial charge in [-0.25, -0.2) is 13.1 Å². The van der Waals surface area contributed by atoms with Crippen molar-refractivity contribution in [1.82, 2.24) is 4.72 Å². The van der Waals surface area contributed by atoms with Crippen molar-refractivity contribution in [2.45, 2.75) is 23.9 Å². The minimum Gasteiger partial charge on any atom is -0.398 e. The second-order valence-electron chi connectivity index (χ2n) is 3.92. The Morgan fingerprint density at radius 1 is 1.25 bits per heavy atom. The molecule has 0 amide bonds. The summed E-state index contributed by atoms with van der Waals surface area (Å²) in [5.74, 6) is 0. The van der Waals surface area contributed by atoms with Crippen molar-refractivity contribution in [3.63, 3.8) is 0 Å². The summed E-state index contributed by atoms with van der Waals surface area (Å²) in [5.41, 5.74) is 5.62. The molecule has 0 heterocycles. The maximum Gasteiger partial charge on any atom is 0.389 e. The van der Waals surface area contributed by atoms with Crippen molar-refractivity contribution in [3.05, 3.63) is 21.1 Å². The van der Waals surface area contributed by atoms with E-state index in [4.69, 9.17) is 5.73 Å². The first-order valence-electron chi connectivity index (χ1n) is 5.34. The molecule has 1 rings (SSSR count). The standard InChI is InChI=1S/C10H11Br2F3N2O2S/c11-6-4-7(12)9(8(16)5-6)20(18,19)17-3-1-2-10(13,14)15/h4-5,17H,1-3,16H2. The number of nitrogens with one attached hydrogen (secondary N) is 1.